The predicted octanol–water partition coefficient (Wildman–Crippen LogP) is 2.58. The van der Waals surface area contributed by atoms with Crippen LogP contribution in [0, 0.1) is 5.92 Å². The fourth-order valence-corrected chi connectivity index (χ4v) is 2.59. The van der Waals surface area contributed by atoms with Crippen molar-refractivity contribution in [2.75, 3.05) is 13.2 Å². The van der Waals surface area contributed by atoms with Crippen LogP contribution in [0.25, 0.3) is 0 Å². The van der Waals surface area contributed by atoms with Gasteiger partial charge in [0.2, 0.25) is 0 Å². The first-order valence-electron chi connectivity index (χ1n) is 6.18. The second-order valence-corrected chi connectivity index (χ2v) is 4.22. The standard InChI is InChI=1S/C12H25NO/c1-4-7-11(13-6-3)10-8-9-14-12(10)5-2/h10-13H,4-9H2,1-3H3. The van der Waals surface area contributed by atoms with Crippen molar-refractivity contribution in [2.45, 2.75) is 58.6 Å². The Kier molecular flexibility index (Phi) is 5.49. The normalized spacial score (nSPS) is 29.4. The molecule has 0 aromatic rings. The fraction of sp³-hybridized carbons (Fsp3) is 1.00. The lowest BCUT2D eigenvalue weighted by molar-refractivity contribution is 0.0765. The Morgan fingerprint density at radius 1 is 1.36 bits per heavy atom. The number of hydrogen-bond acceptors (Lipinski definition) is 2. The minimum absolute atomic E-state index is 0.505. The maximum atomic E-state index is 5.75. The SMILES string of the molecule is CCCC(NCC)C1CCOC1CC. The van der Waals surface area contributed by atoms with Gasteiger partial charge in [0.05, 0.1) is 6.10 Å². The van der Waals surface area contributed by atoms with Crippen LogP contribution in [-0.4, -0.2) is 25.3 Å². The quantitative estimate of drug-likeness (QED) is 0.710. The van der Waals surface area contributed by atoms with Crippen LogP contribution in [0.4, 0.5) is 0 Å². The summed E-state index contributed by atoms with van der Waals surface area (Å²) in [4.78, 5) is 0. The third-order valence-corrected chi connectivity index (χ3v) is 3.25. The van der Waals surface area contributed by atoms with Crippen LogP contribution in [0.3, 0.4) is 0 Å². The first-order valence-corrected chi connectivity index (χ1v) is 6.18. The molecule has 1 saturated heterocycles. The van der Waals surface area contributed by atoms with Gasteiger partial charge in [0, 0.05) is 18.6 Å². The molecule has 14 heavy (non-hydrogen) atoms. The lowest BCUT2D eigenvalue weighted by atomic mass is 9.88. The van der Waals surface area contributed by atoms with E-state index in [1.165, 1.54) is 19.3 Å². The van der Waals surface area contributed by atoms with Crippen molar-refractivity contribution in [2.24, 2.45) is 5.92 Å². The van der Waals surface area contributed by atoms with E-state index in [1.807, 2.05) is 0 Å². The van der Waals surface area contributed by atoms with Crippen molar-refractivity contribution in [3.63, 3.8) is 0 Å². The summed E-state index contributed by atoms with van der Waals surface area (Å²) in [6, 6.07) is 0.678. The van der Waals surface area contributed by atoms with Crippen LogP contribution in [0.1, 0.15) is 46.5 Å². The van der Waals surface area contributed by atoms with Crippen LogP contribution < -0.4 is 5.32 Å². The summed E-state index contributed by atoms with van der Waals surface area (Å²) in [5.74, 6) is 0.750. The zero-order valence-electron chi connectivity index (χ0n) is 9.88. The summed E-state index contributed by atoms with van der Waals surface area (Å²) >= 11 is 0. The molecule has 0 bridgehead atoms. The van der Waals surface area contributed by atoms with Gasteiger partial charge in [0.25, 0.3) is 0 Å². The van der Waals surface area contributed by atoms with Crippen molar-refractivity contribution in [1.29, 1.82) is 0 Å². The zero-order valence-corrected chi connectivity index (χ0v) is 9.88. The van der Waals surface area contributed by atoms with Crippen LogP contribution in [0.15, 0.2) is 0 Å². The summed E-state index contributed by atoms with van der Waals surface area (Å²) in [5, 5.41) is 3.61. The smallest absolute Gasteiger partial charge is 0.0616 e. The molecule has 3 unspecified atom stereocenters. The summed E-state index contributed by atoms with van der Waals surface area (Å²) in [5.41, 5.74) is 0. The van der Waals surface area contributed by atoms with Gasteiger partial charge in [-0.2, -0.15) is 0 Å². The Bertz CT molecular complexity index is 143. The lowest BCUT2D eigenvalue weighted by Crippen LogP contribution is -2.39. The van der Waals surface area contributed by atoms with E-state index in [0.717, 1.165) is 25.5 Å². The van der Waals surface area contributed by atoms with Gasteiger partial charge in [-0.3, -0.25) is 0 Å². The van der Waals surface area contributed by atoms with Gasteiger partial charge in [0.1, 0.15) is 0 Å². The van der Waals surface area contributed by atoms with Crippen LogP contribution in [0.5, 0.6) is 0 Å². The molecular weight excluding hydrogens is 174 g/mol. The number of ether oxygens (including phenoxy) is 1. The molecule has 0 spiro atoms. The monoisotopic (exact) mass is 199 g/mol. The van der Waals surface area contributed by atoms with Gasteiger partial charge in [-0.05, 0) is 25.8 Å². The highest BCUT2D eigenvalue weighted by atomic mass is 16.5. The molecule has 1 heterocycles. The molecule has 1 aliphatic rings. The first kappa shape index (κ1) is 12.0. The van der Waals surface area contributed by atoms with E-state index in [1.54, 1.807) is 0 Å². The molecule has 1 N–H and O–H groups in total. The average Bonchev–Trinajstić information content (AvgIpc) is 2.65. The first-order chi connectivity index (χ1) is 6.83. The maximum Gasteiger partial charge on any atom is 0.0616 e. The van der Waals surface area contributed by atoms with Crippen LogP contribution >= 0.6 is 0 Å². The van der Waals surface area contributed by atoms with Crippen molar-refractivity contribution in [1.82, 2.24) is 5.32 Å². The fourth-order valence-electron chi connectivity index (χ4n) is 2.59. The highest BCUT2D eigenvalue weighted by molar-refractivity contribution is 4.85. The maximum absolute atomic E-state index is 5.75. The Balaban J connectivity index is 2.47. The largest absolute Gasteiger partial charge is 0.378 e. The minimum atomic E-state index is 0.505. The van der Waals surface area contributed by atoms with E-state index in [9.17, 15) is 0 Å². The van der Waals surface area contributed by atoms with Gasteiger partial charge in [-0.15, -0.1) is 0 Å². The van der Waals surface area contributed by atoms with Gasteiger partial charge in [-0.1, -0.05) is 27.2 Å². The van der Waals surface area contributed by atoms with E-state index in [2.05, 4.69) is 26.1 Å². The third-order valence-electron chi connectivity index (χ3n) is 3.25. The molecule has 1 rings (SSSR count). The van der Waals surface area contributed by atoms with E-state index < -0.39 is 0 Å². The molecule has 2 nitrogen and oxygen atoms in total. The molecule has 0 aromatic carbocycles. The van der Waals surface area contributed by atoms with Gasteiger partial charge >= 0.3 is 0 Å². The van der Waals surface area contributed by atoms with Crippen molar-refractivity contribution in [3.05, 3.63) is 0 Å². The minimum Gasteiger partial charge on any atom is -0.378 e. The van der Waals surface area contributed by atoms with Crippen molar-refractivity contribution in [3.8, 4) is 0 Å². The van der Waals surface area contributed by atoms with Gasteiger partial charge in [-0.25, -0.2) is 0 Å². The Morgan fingerprint density at radius 2 is 2.14 bits per heavy atom. The molecule has 3 atom stereocenters. The molecule has 0 radical (unpaired) electrons. The summed E-state index contributed by atoms with van der Waals surface area (Å²) in [6.07, 6.45) is 5.47. The topological polar surface area (TPSA) is 21.3 Å². The van der Waals surface area contributed by atoms with E-state index >= 15 is 0 Å². The van der Waals surface area contributed by atoms with E-state index in [0.29, 0.717) is 12.1 Å². The number of nitrogens with one attached hydrogen (secondary N) is 1. The Labute approximate surface area is 88.4 Å². The molecule has 1 aliphatic heterocycles. The van der Waals surface area contributed by atoms with Crippen LogP contribution in [-0.2, 0) is 4.74 Å². The van der Waals surface area contributed by atoms with E-state index in [-0.39, 0.29) is 0 Å². The molecule has 0 saturated carbocycles. The van der Waals surface area contributed by atoms with Gasteiger partial charge < -0.3 is 10.1 Å². The Morgan fingerprint density at radius 3 is 2.71 bits per heavy atom. The van der Waals surface area contributed by atoms with Crippen molar-refractivity contribution < 1.29 is 4.74 Å². The molecule has 0 aromatic heterocycles. The predicted molar refractivity (Wildman–Crippen MR) is 60.5 cm³/mol. The molecule has 2 heteroatoms. The average molecular weight is 199 g/mol. The molecular formula is C12H25NO. The highest BCUT2D eigenvalue weighted by Crippen LogP contribution is 2.28. The molecule has 1 fully saturated rings. The second kappa shape index (κ2) is 6.41. The summed E-state index contributed by atoms with van der Waals surface area (Å²) in [6.45, 7) is 8.74. The zero-order chi connectivity index (χ0) is 10.4. The molecule has 0 aliphatic carbocycles. The van der Waals surface area contributed by atoms with Crippen LogP contribution in [0.2, 0.25) is 0 Å². The number of rotatable bonds is 6. The van der Waals surface area contributed by atoms with E-state index in [4.69, 9.17) is 4.74 Å². The molecule has 84 valence electrons. The number of hydrogen-bond donors (Lipinski definition) is 1. The summed E-state index contributed by atoms with van der Waals surface area (Å²) in [7, 11) is 0. The highest BCUT2D eigenvalue weighted by Gasteiger charge is 2.32. The Hall–Kier alpha value is -0.0800. The lowest BCUT2D eigenvalue weighted by Gasteiger charge is -2.27. The van der Waals surface area contributed by atoms with Crippen molar-refractivity contribution >= 4 is 0 Å². The second-order valence-electron chi connectivity index (χ2n) is 4.22. The van der Waals surface area contributed by atoms with Gasteiger partial charge in [0.15, 0.2) is 0 Å². The molecule has 0 amide bonds. The third kappa shape index (κ3) is 2.96. The summed E-state index contributed by atoms with van der Waals surface area (Å²) < 4.78 is 5.75.